The Labute approximate surface area is 152 Å². The van der Waals surface area contributed by atoms with Crippen molar-refractivity contribution in [2.75, 3.05) is 31.7 Å². The number of para-hydroxylation sites is 1. The third-order valence-corrected chi connectivity index (χ3v) is 3.93. The fraction of sp³-hybridized carbons (Fsp3) is 0.438. The van der Waals surface area contributed by atoms with E-state index in [9.17, 15) is 9.59 Å². The molecule has 0 unspecified atom stereocenters. The van der Waals surface area contributed by atoms with Gasteiger partial charge >= 0.3 is 12.2 Å². The number of thioether (sulfide) groups is 1. The van der Waals surface area contributed by atoms with E-state index in [2.05, 4.69) is 42.4 Å². The molecule has 25 heavy (non-hydrogen) atoms. The van der Waals surface area contributed by atoms with Crippen molar-refractivity contribution < 1.29 is 19.8 Å². The lowest BCUT2D eigenvalue weighted by Gasteiger charge is -2.16. The Morgan fingerprint density at radius 2 is 1.56 bits per heavy atom. The molecule has 0 saturated carbocycles. The van der Waals surface area contributed by atoms with Gasteiger partial charge in [0.2, 0.25) is 0 Å². The number of carbonyl (C=O) groups is 2. The minimum atomic E-state index is -0.995. The Bertz CT molecular complexity index is 559. The first kappa shape index (κ1) is 22.6. The van der Waals surface area contributed by atoms with Gasteiger partial charge in [-0.2, -0.15) is 0 Å². The van der Waals surface area contributed by atoms with Crippen LogP contribution in [0.5, 0.6) is 0 Å². The molecule has 0 bridgehead atoms. The molecule has 5 N–H and O–H groups in total. The second kappa shape index (κ2) is 12.9. The lowest BCUT2D eigenvalue weighted by molar-refractivity contribution is 0.196. The van der Waals surface area contributed by atoms with Crippen LogP contribution < -0.4 is 16.0 Å². The Morgan fingerprint density at radius 3 is 1.92 bits per heavy atom. The zero-order valence-electron chi connectivity index (χ0n) is 14.9. The lowest BCUT2D eigenvalue weighted by Crippen LogP contribution is -2.14. The van der Waals surface area contributed by atoms with Crippen LogP contribution in [0.15, 0.2) is 23.2 Å². The molecule has 1 aromatic rings. The summed E-state index contributed by atoms with van der Waals surface area (Å²) in [5.41, 5.74) is 3.78. The summed E-state index contributed by atoms with van der Waals surface area (Å²) in [5.74, 6) is 1.18. The maximum Gasteiger partial charge on any atom is 0.404 e. The van der Waals surface area contributed by atoms with Gasteiger partial charge in [0, 0.05) is 32.1 Å². The van der Waals surface area contributed by atoms with E-state index in [1.807, 2.05) is 22.4 Å². The van der Waals surface area contributed by atoms with E-state index in [4.69, 9.17) is 10.2 Å². The summed E-state index contributed by atoms with van der Waals surface area (Å²) in [6.07, 6.45) is -0.794. The Balaban J connectivity index is 0.000000480. The lowest BCUT2D eigenvalue weighted by atomic mass is 10.1. The van der Waals surface area contributed by atoms with Crippen molar-refractivity contribution in [1.82, 2.24) is 10.6 Å². The summed E-state index contributed by atoms with van der Waals surface area (Å²) in [4.78, 5) is 23.0. The fourth-order valence-electron chi connectivity index (χ4n) is 1.65. The van der Waals surface area contributed by atoms with E-state index in [0.717, 1.165) is 11.7 Å². The van der Waals surface area contributed by atoms with Gasteiger partial charge in [-0.1, -0.05) is 30.0 Å². The van der Waals surface area contributed by atoms with E-state index >= 15 is 0 Å². The van der Waals surface area contributed by atoms with Crippen molar-refractivity contribution in [1.29, 1.82) is 0 Å². The summed E-state index contributed by atoms with van der Waals surface area (Å²) in [7, 11) is 2.70. The minimum absolute atomic E-state index is 0.959. The highest BCUT2D eigenvalue weighted by Gasteiger charge is 2.08. The van der Waals surface area contributed by atoms with Crippen molar-refractivity contribution in [3.8, 4) is 0 Å². The molecule has 1 aliphatic rings. The van der Waals surface area contributed by atoms with Crippen molar-refractivity contribution in [2.45, 2.75) is 20.3 Å². The molecule has 2 amide bonds. The topological polar surface area (TPSA) is 123 Å². The zero-order chi connectivity index (χ0) is 19.2. The standard InChI is InChI=1S/C12H16N2S.2C2H5NO2/c1-9-5-3-6-10(2)11(9)14-12-13-7-4-8-15-12;2*1-3-2(4)5/h3,5-6H,4,7-8H2,1-2H3,(H,13,14);2*3H,1H3,(H,4,5). The van der Waals surface area contributed by atoms with Gasteiger partial charge in [0.1, 0.15) is 0 Å². The van der Waals surface area contributed by atoms with Crippen molar-refractivity contribution in [2.24, 2.45) is 4.99 Å². The van der Waals surface area contributed by atoms with Gasteiger partial charge in [0.25, 0.3) is 0 Å². The summed E-state index contributed by atoms with van der Waals surface area (Å²) < 4.78 is 0. The third kappa shape index (κ3) is 10.9. The highest BCUT2D eigenvalue weighted by atomic mass is 32.2. The SMILES string of the molecule is CNC(=O)O.CNC(=O)O.Cc1cccc(C)c1NC1=NCCCS1. The Hall–Kier alpha value is -2.42. The second-order valence-corrected chi connectivity index (χ2v) is 5.97. The highest BCUT2D eigenvalue weighted by molar-refractivity contribution is 8.14. The molecule has 0 aliphatic carbocycles. The summed E-state index contributed by atoms with van der Waals surface area (Å²) in [6.45, 7) is 5.22. The highest BCUT2D eigenvalue weighted by Crippen LogP contribution is 2.22. The molecule has 9 heteroatoms. The number of anilines is 1. The number of rotatable bonds is 1. The molecule has 1 aliphatic heterocycles. The fourth-order valence-corrected chi connectivity index (χ4v) is 2.48. The molecule has 0 saturated heterocycles. The predicted octanol–water partition coefficient (Wildman–Crippen LogP) is 2.98. The van der Waals surface area contributed by atoms with Crippen LogP contribution in [0.25, 0.3) is 0 Å². The Kier molecular flexibility index (Phi) is 11.7. The molecule has 0 aromatic heterocycles. The molecule has 0 atom stereocenters. The monoisotopic (exact) mass is 370 g/mol. The summed E-state index contributed by atoms with van der Waals surface area (Å²) >= 11 is 1.81. The first-order chi connectivity index (χ1) is 11.8. The van der Waals surface area contributed by atoms with E-state index in [1.54, 1.807) is 0 Å². The van der Waals surface area contributed by atoms with Crippen molar-refractivity contribution in [3.63, 3.8) is 0 Å². The molecule has 1 aromatic carbocycles. The van der Waals surface area contributed by atoms with Crippen LogP contribution in [0.4, 0.5) is 15.3 Å². The minimum Gasteiger partial charge on any atom is -0.465 e. The summed E-state index contributed by atoms with van der Waals surface area (Å²) in [6, 6.07) is 6.35. The van der Waals surface area contributed by atoms with Gasteiger partial charge in [-0.05, 0) is 31.4 Å². The average Bonchev–Trinajstić information content (AvgIpc) is 2.60. The molecule has 0 spiro atoms. The number of carboxylic acid groups (broad SMARTS) is 2. The van der Waals surface area contributed by atoms with Crippen LogP contribution in [0.3, 0.4) is 0 Å². The Morgan fingerprint density at radius 1 is 1.08 bits per heavy atom. The number of aliphatic imine (C=N–C) groups is 1. The first-order valence-corrected chi connectivity index (χ1v) is 8.62. The number of hydrogen-bond donors (Lipinski definition) is 5. The van der Waals surface area contributed by atoms with E-state index in [0.29, 0.717) is 0 Å². The van der Waals surface area contributed by atoms with Gasteiger partial charge in [-0.25, -0.2) is 9.59 Å². The number of aryl methyl sites for hydroxylation is 2. The van der Waals surface area contributed by atoms with Crippen LogP contribution in [-0.4, -0.2) is 54.0 Å². The van der Waals surface area contributed by atoms with E-state index < -0.39 is 12.2 Å². The third-order valence-electron chi connectivity index (χ3n) is 2.94. The molecule has 0 radical (unpaired) electrons. The molecular weight excluding hydrogens is 344 g/mol. The quantitative estimate of drug-likeness (QED) is 0.518. The molecule has 1 heterocycles. The van der Waals surface area contributed by atoms with E-state index in [1.165, 1.54) is 43.1 Å². The van der Waals surface area contributed by atoms with Gasteiger partial charge in [0.05, 0.1) is 0 Å². The number of amidine groups is 1. The number of amides is 2. The number of nitrogens with one attached hydrogen (secondary N) is 3. The van der Waals surface area contributed by atoms with Crippen LogP contribution >= 0.6 is 11.8 Å². The summed E-state index contributed by atoms with van der Waals surface area (Å²) in [5, 5.41) is 23.6. The second-order valence-electron chi connectivity index (χ2n) is 4.89. The molecule has 2 rings (SSSR count). The van der Waals surface area contributed by atoms with Gasteiger partial charge < -0.3 is 26.2 Å². The van der Waals surface area contributed by atoms with Crippen molar-refractivity contribution >= 4 is 34.8 Å². The smallest absolute Gasteiger partial charge is 0.404 e. The van der Waals surface area contributed by atoms with Gasteiger partial charge in [-0.15, -0.1) is 0 Å². The van der Waals surface area contributed by atoms with E-state index in [-0.39, 0.29) is 0 Å². The molecule has 0 fully saturated rings. The normalized spacial score (nSPS) is 12.2. The first-order valence-electron chi connectivity index (χ1n) is 7.63. The maximum absolute atomic E-state index is 9.26. The van der Waals surface area contributed by atoms with Gasteiger partial charge in [0.15, 0.2) is 5.17 Å². The molecular formula is C16H26N4O4S. The number of benzene rings is 1. The van der Waals surface area contributed by atoms with Crippen LogP contribution in [0.2, 0.25) is 0 Å². The number of hydrogen-bond acceptors (Lipinski definition) is 5. The largest absolute Gasteiger partial charge is 0.465 e. The molecule has 8 nitrogen and oxygen atoms in total. The molecule has 140 valence electrons. The van der Waals surface area contributed by atoms with Crippen LogP contribution in [-0.2, 0) is 0 Å². The maximum atomic E-state index is 9.26. The van der Waals surface area contributed by atoms with Crippen LogP contribution in [0, 0.1) is 13.8 Å². The number of nitrogens with zero attached hydrogens (tertiary/aromatic N) is 1. The predicted molar refractivity (Wildman–Crippen MR) is 103 cm³/mol. The van der Waals surface area contributed by atoms with Crippen LogP contribution in [0.1, 0.15) is 17.5 Å². The van der Waals surface area contributed by atoms with Crippen molar-refractivity contribution in [3.05, 3.63) is 29.3 Å². The average molecular weight is 370 g/mol. The zero-order valence-corrected chi connectivity index (χ0v) is 15.7. The van der Waals surface area contributed by atoms with Gasteiger partial charge in [-0.3, -0.25) is 4.99 Å².